The number of hydrogen-bond donors (Lipinski definition) is 1. The summed E-state index contributed by atoms with van der Waals surface area (Å²) in [5.74, 6) is -0.349. The first-order valence-corrected chi connectivity index (χ1v) is 8.85. The number of H-pyrrole nitrogens is 1. The summed E-state index contributed by atoms with van der Waals surface area (Å²) in [5.41, 5.74) is 4.20. The Labute approximate surface area is 159 Å². The molecule has 5 rings (SSSR count). The van der Waals surface area contributed by atoms with Gasteiger partial charge in [0.2, 0.25) is 0 Å². The second kappa shape index (κ2) is 6.42. The second-order valence-corrected chi connectivity index (χ2v) is 6.65. The minimum atomic E-state index is -0.349. The summed E-state index contributed by atoms with van der Waals surface area (Å²) >= 11 is 0. The highest BCUT2D eigenvalue weighted by atomic mass is 19.1. The molecule has 0 atom stereocenters. The zero-order chi connectivity index (χ0) is 19.1. The number of halogens is 1. The van der Waals surface area contributed by atoms with Gasteiger partial charge < -0.3 is 4.57 Å². The summed E-state index contributed by atoms with van der Waals surface area (Å²) in [4.78, 5) is 16.5. The molecule has 0 saturated heterocycles. The Morgan fingerprint density at radius 3 is 2.68 bits per heavy atom. The van der Waals surface area contributed by atoms with Crippen molar-refractivity contribution >= 4 is 21.9 Å². The molecule has 0 amide bonds. The van der Waals surface area contributed by atoms with E-state index < -0.39 is 0 Å². The number of nitrogens with zero attached hydrogens (tertiary/aromatic N) is 3. The van der Waals surface area contributed by atoms with Crippen LogP contribution in [0.2, 0.25) is 0 Å². The maximum absolute atomic E-state index is 14.9. The Morgan fingerprint density at radius 1 is 0.964 bits per heavy atom. The van der Waals surface area contributed by atoms with Crippen molar-refractivity contribution in [3.05, 3.63) is 94.8 Å². The van der Waals surface area contributed by atoms with Crippen molar-refractivity contribution in [2.75, 3.05) is 0 Å². The highest BCUT2D eigenvalue weighted by molar-refractivity contribution is 5.84. The van der Waals surface area contributed by atoms with Gasteiger partial charge in [-0.15, -0.1) is 0 Å². The van der Waals surface area contributed by atoms with E-state index in [0.29, 0.717) is 16.6 Å². The molecule has 5 nitrogen and oxygen atoms in total. The van der Waals surface area contributed by atoms with Crippen LogP contribution < -0.4 is 5.56 Å². The van der Waals surface area contributed by atoms with Crippen LogP contribution in [0.1, 0.15) is 5.56 Å². The molecule has 0 aliphatic heterocycles. The van der Waals surface area contributed by atoms with Gasteiger partial charge in [-0.05, 0) is 41.5 Å². The van der Waals surface area contributed by atoms with Crippen LogP contribution in [0.5, 0.6) is 0 Å². The number of rotatable bonds is 3. The fourth-order valence-corrected chi connectivity index (χ4v) is 3.43. The largest absolute Gasteiger partial charge is 0.301 e. The van der Waals surface area contributed by atoms with E-state index in [9.17, 15) is 9.18 Å². The number of aromatic nitrogens is 4. The molecule has 0 fully saturated rings. The Kier molecular flexibility index (Phi) is 3.76. The first kappa shape index (κ1) is 16.4. The summed E-state index contributed by atoms with van der Waals surface area (Å²) in [6.07, 6.45) is 3.01. The third-order valence-electron chi connectivity index (χ3n) is 4.91. The van der Waals surface area contributed by atoms with Gasteiger partial charge in [0, 0.05) is 10.9 Å². The molecule has 3 aromatic carbocycles. The van der Waals surface area contributed by atoms with Gasteiger partial charge in [0.1, 0.15) is 5.82 Å². The average molecular weight is 370 g/mol. The van der Waals surface area contributed by atoms with Crippen LogP contribution >= 0.6 is 0 Å². The molecule has 0 bridgehead atoms. The van der Waals surface area contributed by atoms with E-state index in [1.807, 2.05) is 48.5 Å². The van der Waals surface area contributed by atoms with Gasteiger partial charge in [-0.25, -0.2) is 9.37 Å². The Balaban J connectivity index is 1.54. The number of para-hydroxylation sites is 2. The van der Waals surface area contributed by atoms with E-state index >= 15 is 0 Å². The van der Waals surface area contributed by atoms with Gasteiger partial charge in [-0.2, -0.15) is 5.10 Å². The normalized spacial score (nSPS) is 11.3. The highest BCUT2D eigenvalue weighted by Gasteiger charge is 2.10. The first-order chi connectivity index (χ1) is 13.7. The molecule has 136 valence electrons. The third kappa shape index (κ3) is 2.75. The highest BCUT2D eigenvalue weighted by Crippen LogP contribution is 2.25. The van der Waals surface area contributed by atoms with Crippen LogP contribution in [0.25, 0.3) is 33.1 Å². The second-order valence-electron chi connectivity index (χ2n) is 6.65. The van der Waals surface area contributed by atoms with Gasteiger partial charge in [-0.1, -0.05) is 30.3 Å². The van der Waals surface area contributed by atoms with Gasteiger partial charge in [-0.3, -0.25) is 9.89 Å². The molecule has 1 N–H and O–H groups in total. The Hall–Kier alpha value is -3.80. The van der Waals surface area contributed by atoms with E-state index in [1.165, 1.54) is 16.8 Å². The summed E-state index contributed by atoms with van der Waals surface area (Å²) in [6, 6.07) is 18.3. The van der Waals surface area contributed by atoms with Crippen LogP contribution in [-0.4, -0.2) is 19.7 Å². The van der Waals surface area contributed by atoms with Crippen molar-refractivity contribution in [1.82, 2.24) is 19.7 Å². The van der Waals surface area contributed by atoms with Crippen LogP contribution in [-0.2, 0) is 6.54 Å². The fourth-order valence-electron chi connectivity index (χ4n) is 3.43. The van der Waals surface area contributed by atoms with Crippen LogP contribution in [0, 0.1) is 5.82 Å². The van der Waals surface area contributed by atoms with E-state index in [-0.39, 0.29) is 17.9 Å². The minimum absolute atomic E-state index is 0.148. The van der Waals surface area contributed by atoms with Gasteiger partial charge in [0.15, 0.2) is 0 Å². The number of fused-ring (bicyclic) bond motifs is 2. The van der Waals surface area contributed by atoms with Crippen molar-refractivity contribution in [1.29, 1.82) is 0 Å². The van der Waals surface area contributed by atoms with Crippen molar-refractivity contribution in [3.63, 3.8) is 0 Å². The number of nitrogens with one attached hydrogen (secondary N) is 1. The minimum Gasteiger partial charge on any atom is -0.301 e. The predicted molar refractivity (Wildman–Crippen MR) is 107 cm³/mol. The molecule has 5 aromatic rings. The number of hydrogen-bond acceptors (Lipinski definition) is 3. The van der Waals surface area contributed by atoms with Gasteiger partial charge in [0.05, 0.1) is 35.5 Å². The topological polar surface area (TPSA) is 63.6 Å². The lowest BCUT2D eigenvalue weighted by Crippen LogP contribution is -2.21. The standard InChI is InChI=1S/C22H15FN4O/c23-18-10-15(14-7-8-19-17(9-14)11-25-26-19)5-6-16(18)13-27-21-4-2-1-3-20(21)24-12-22(27)28/h1-12H,13H2,(H,25,26). The Bertz CT molecular complexity index is 1390. The average Bonchev–Trinajstić information content (AvgIpc) is 3.19. The summed E-state index contributed by atoms with van der Waals surface area (Å²) in [6.45, 7) is 0.148. The SMILES string of the molecule is O=c1cnc2ccccc2n1Cc1ccc(-c2ccc3[nH]ncc3c2)cc1F. The van der Waals surface area contributed by atoms with Gasteiger partial charge >= 0.3 is 0 Å². The molecule has 6 heteroatoms. The van der Waals surface area contributed by atoms with Crippen LogP contribution in [0.3, 0.4) is 0 Å². The maximum atomic E-state index is 14.9. The molecule has 2 aromatic heterocycles. The monoisotopic (exact) mass is 370 g/mol. The Morgan fingerprint density at radius 2 is 1.79 bits per heavy atom. The van der Waals surface area contributed by atoms with Crippen molar-refractivity contribution < 1.29 is 4.39 Å². The van der Waals surface area contributed by atoms with E-state index in [4.69, 9.17) is 0 Å². The predicted octanol–water partition coefficient (Wildman–Crippen LogP) is 4.13. The van der Waals surface area contributed by atoms with Crippen molar-refractivity contribution in [3.8, 4) is 11.1 Å². The number of aromatic amines is 1. The fraction of sp³-hybridized carbons (Fsp3) is 0.0455. The molecule has 0 aliphatic carbocycles. The molecule has 28 heavy (non-hydrogen) atoms. The molecule has 0 saturated carbocycles. The van der Waals surface area contributed by atoms with E-state index in [2.05, 4.69) is 15.2 Å². The van der Waals surface area contributed by atoms with Crippen LogP contribution in [0.15, 0.2) is 77.9 Å². The summed E-state index contributed by atoms with van der Waals surface area (Å²) in [5, 5.41) is 7.88. The lowest BCUT2D eigenvalue weighted by molar-refractivity contribution is 0.599. The van der Waals surface area contributed by atoms with Crippen molar-refractivity contribution in [2.45, 2.75) is 6.54 Å². The first-order valence-electron chi connectivity index (χ1n) is 8.85. The van der Waals surface area contributed by atoms with Gasteiger partial charge in [0.25, 0.3) is 5.56 Å². The van der Waals surface area contributed by atoms with Crippen LogP contribution in [0.4, 0.5) is 4.39 Å². The number of benzene rings is 3. The van der Waals surface area contributed by atoms with E-state index in [1.54, 1.807) is 12.3 Å². The molecule has 0 unspecified atom stereocenters. The van der Waals surface area contributed by atoms with E-state index in [0.717, 1.165) is 22.0 Å². The third-order valence-corrected chi connectivity index (χ3v) is 4.91. The molecule has 0 radical (unpaired) electrons. The lowest BCUT2D eigenvalue weighted by atomic mass is 10.0. The molecular formula is C22H15FN4O. The zero-order valence-corrected chi connectivity index (χ0v) is 14.8. The lowest BCUT2D eigenvalue weighted by Gasteiger charge is -2.11. The maximum Gasteiger partial charge on any atom is 0.269 e. The quantitative estimate of drug-likeness (QED) is 0.519. The summed E-state index contributed by atoms with van der Waals surface area (Å²) in [7, 11) is 0. The molecule has 2 heterocycles. The zero-order valence-electron chi connectivity index (χ0n) is 14.8. The molecular weight excluding hydrogens is 355 g/mol. The summed E-state index contributed by atoms with van der Waals surface area (Å²) < 4.78 is 16.4. The van der Waals surface area contributed by atoms with Crippen molar-refractivity contribution in [2.24, 2.45) is 0 Å². The molecule has 0 spiro atoms. The smallest absolute Gasteiger partial charge is 0.269 e. The molecule has 0 aliphatic rings.